The predicted molar refractivity (Wildman–Crippen MR) is 106 cm³/mol. The average molecular weight is 448 g/mol. The fourth-order valence-electron chi connectivity index (χ4n) is 3.07. The van der Waals surface area contributed by atoms with Crippen molar-refractivity contribution in [3.8, 4) is 17.0 Å². The summed E-state index contributed by atoms with van der Waals surface area (Å²) in [6, 6.07) is 12.3. The molecule has 2 heterocycles. The van der Waals surface area contributed by atoms with Crippen LogP contribution in [0.4, 0.5) is 13.2 Å². The maximum absolute atomic E-state index is 13.7. The van der Waals surface area contributed by atoms with Crippen molar-refractivity contribution in [2.45, 2.75) is 18.0 Å². The molecule has 0 saturated carbocycles. The van der Waals surface area contributed by atoms with Crippen LogP contribution in [0.2, 0.25) is 0 Å². The zero-order valence-electron chi connectivity index (χ0n) is 16.0. The summed E-state index contributed by atoms with van der Waals surface area (Å²) in [6.07, 6.45) is -1.61. The summed E-state index contributed by atoms with van der Waals surface area (Å²) < 4.78 is 67.2. The average Bonchev–Trinajstić information content (AvgIpc) is 3.16. The summed E-state index contributed by atoms with van der Waals surface area (Å²) in [5, 5.41) is 4.18. The van der Waals surface area contributed by atoms with E-state index in [1.54, 1.807) is 18.3 Å². The highest BCUT2D eigenvalue weighted by molar-refractivity contribution is 7.89. The van der Waals surface area contributed by atoms with Gasteiger partial charge < -0.3 is 4.84 Å². The molecule has 4 aromatic rings. The second-order valence-corrected chi connectivity index (χ2v) is 8.21. The Kier molecular flexibility index (Phi) is 5.15. The molecule has 4 rings (SSSR count). The van der Waals surface area contributed by atoms with Crippen molar-refractivity contribution in [3.63, 3.8) is 0 Å². The van der Waals surface area contributed by atoms with Crippen LogP contribution in [0.25, 0.3) is 16.9 Å². The summed E-state index contributed by atoms with van der Waals surface area (Å²) in [7, 11) is -4.04. The molecular formula is C20H15F3N4O3S. The van der Waals surface area contributed by atoms with Crippen LogP contribution in [0, 0.1) is 6.92 Å². The summed E-state index contributed by atoms with van der Waals surface area (Å²) >= 11 is 0. The van der Waals surface area contributed by atoms with Gasteiger partial charge in [-0.15, -0.1) is 0 Å². The molecule has 0 aliphatic rings. The van der Waals surface area contributed by atoms with Crippen molar-refractivity contribution >= 4 is 15.7 Å². The number of hydrogen-bond acceptors (Lipinski definition) is 5. The lowest BCUT2D eigenvalue weighted by molar-refractivity contribution is -0.137. The van der Waals surface area contributed by atoms with Crippen LogP contribution in [0.3, 0.4) is 0 Å². The largest absolute Gasteiger partial charge is 0.417 e. The van der Waals surface area contributed by atoms with E-state index in [1.165, 1.54) is 48.0 Å². The number of hydrogen-bond donors (Lipinski definition) is 1. The number of benzene rings is 2. The van der Waals surface area contributed by atoms with Gasteiger partial charge in [0.05, 0.1) is 16.2 Å². The third-order valence-electron chi connectivity index (χ3n) is 4.53. The number of fused-ring (bicyclic) bond motifs is 1. The highest BCUT2D eigenvalue weighted by Crippen LogP contribution is 2.41. The molecule has 0 radical (unpaired) electrons. The Labute approximate surface area is 175 Å². The molecule has 0 aliphatic heterocycles. The molecular weight excluding hydrogens is 433 g/mol. The lowest BCUT2D eigenvalue weighted by Crippen LogP contribution is -2.27. The number of aromatic nitrogens is 3. The first kappa shape index (κ1) is 20.8. The first-order valence-corrected chi connectivity index (χ1v) is 10.4. The van der Waals surface area contributed by atoms with Crippen LogP contribution in [0.15, 0.2) is 71.9 Å². The number of alkyl halides is 3. The predicted octanol–water partition coefficient (Wildman–Crippen LogP) is 4.00. The Bertz CT molecular complexity index is 1320. The van der Waals surface area contributed by atoms with Crippen LogP contribution in [-0.4, -0.2) is 23.0 Å². The number of nitrogens with zero attached hydrogens (tertiary/aromatic N) is 3. The molecule has 0 saturated heterocycles. The quantitative estimate of drug-likeness (QED) is 0.467. The van der Waals surface area contributed by atoms with E-state index in [4.69, 9.17) is 4.84 Å². The fraction of sp³-hybridized carbons (Fsp3) is 0.100. The highest BCUT2D eigenvalue weighted by atomic mass is 32.2. The zero-order chi connectivity index (χ0) is 22.2. The maximum Gasteiger partial charge on any atom is 0.417 e. The fourth-order valence-corrected chi connectivity index (χ4v) is 3.88. The highest BCUT2D eigenvalue weighted by Gasteiger charge is 2.36. The van der Waals surface area contributed by atoms with E-state index in [-0.39, 0.29) is 27.5 Å². The molecule has 0 atom stereocenters. The Morgan fingerprint density at radius 2 is 1.81 bits per heavy atom. The van der Waals surface area contributed by atoms with Crippen LogP contribution in [-0.2, 0) is 16.2 Å². The summed E-state index contributed by atoms with van der Waals surface area (Å²) in [4.78, 5) is 11.2. The summed E-state index contributed by atoms with van der Waals surface area (Å²) in [5.74, 6) is -0.0903. The van der Waals surface area contributed by atoms with E-state index in [0.29, 0.717) is 5.65 Å². The van der Waals surface area contributed by atoms with Crippen LogP contribution < -0.4 is 9.72 Å². The Hall–Kier alpha value is -3.44. The lowest BCUT2D eigenvalue weighted by atomic mass is 9.98. The molecule has 0 unspecified atom stereocenters. The van der Waals surface area contributed by atoms with Gasteiger partial charge in [0.1, 0.15) is 0 Å². The van der Waals surface area contributed by atoms with E-state index in [1.807, 2.05) is 4.89 Å². The minimum atomic E-state index is -4.66. The first-order valence-electron chi connectivity index (χ1n) is 8.92. The molecule has 2 aromatic heterocycles. The van der Waals surface area contributed by atoms with Crippen molar-refractivity contribution in [1.82, 2.24) is 19.5 Å². The third kappa shape index (κ3) is 4.09. The summed E-state index contributed by atoms with van der Waals surface area (Å²) in [5.41, 5.74) is -0.698. The van der Waals surface area contributed by atoms with Gasteiger partial charge in [0.2, 0.25) is 0 Å². The lowest BCUT2D eigenvalue weighted by Gasteiger charge is -2.17. The Morgan fingerprint density at radius 3 is 2.48 bits per heavy atom. The SMILES string of the molecule is Cc1c(ONS(=O)(=O)c2ccccc2)ccc(C(F)(F)F)c1-c1cc2ncccn2n1. The topological polar surface area (TPSA) is 85.6 Å². The minimum Gasteiger partial charge on any atom is -0.393 e. The number of nitrogens with one attached hydrogen (secondary N) is 1. The van der Waals surface area contributed by atoms with E-state index in [9.17, 15) is 21.6 Å². The monoisotopic (exact) mass is 448 g/mol. The molecule has 2 aromatic carbocycles. The normalized spacial score (nSPS) is 12.3. The smallest absolute Gasteiger partial charge is 0.393 e. The van der Waals surface area contributed by atoms with Gasteiger partial charge in [0, 0.05) is 29.6 Å². The van der Waals surface area contributed by atoms with E-state index >= 15 is 0 Å². The Balaban J connectivity index is 1.76. The Morgan fingerprint density at radius 1 is 1.06 bits per heavy atom. The van der Waals surface area contributed by atoms with Gasteiger partial charge in [-0.1, -0.05) is 18.2 Å². The van der Waals surface area contributed by atoms with Crippen molar-refractivity contribution in [2.75, 3.05) is 0 Å². The minimum absolute atomic E-state index is 0.0277. The van der Waals surface area contributed by atoms with Gasteiger partial charge in [0.25, 0.3) is 10.0 Å². The second kappa shape index (κ2) is 7.67. The van der Waals surface area contributed by atoms with Crippen molar-refractivity contribution < 1.29 is 26.4 Å². The van der Waals surface area contributed by atoms with Gasteiger partial charge in [-0.3, -0.25) is 0 Å². The van der Waals surface area contributed by atoms with Gasteiger partial charge in [-0.05, 0) is 42.1 Å². The van der Waals surface area contributed by atoms with Crippen molar-refractivity contribution in [2.24, 2.45) is 0 Å². The molecule has 7 nitrogen and oxygen atoms in total. The molecule has 0 aliphatic carbocycles. The number of rotatable bonds is 5. The zero-order valence-corrected chi connectivity index (χ0v) is 16.8. The molecule has 0 fully saturated rings. The standard InChI is InChI=1S/C20H15F3N4O3S/c1-13-17(30-26-31(28,29)14-6-3-2-4-7-14)9-8-15(20(21,22)23)19(13)16-12-18-24-10-5-11-27(18)25-16/h2-12,26H,1H3. The van der Waals surface area contributed by atoms with Crippen LogP contribution in [0.5, 0.6) is 5.75 Å². The van der Waals surface area contributed by atoms with Crippen LogP contribution in [0.1, 0.15) is 11.1 Å². The maximum atomic E-state index is 13.7. The van der Waals surface area contributed by atoms with E-state index < -0.39 is 21.8 Å². The van der Waals surface area contributed by atoms with Gasteiger partial charge in [-0.2, -0.15) is 18.3 Å². The van der Waals surface area contributed by atoms with Gasteiger partial charge in [0.15, 0.2) is 11.4 Å². The third-order valence-corrected chi connectivity index (χ3v) is 5.72. The van der Waals surface area contributed by atoms with Gasteiger partial charge >= 0.3 is 6.18 Å². The summed E-state index contributed by atoms with van der Waals surface area (Å²) in [6.45, 7) is 1.40. The molecule has 0 bridgehead atoms. The van der Waals surface area contributed by atoms with E-state index in [2.05, 4.69) is 10.1 Å². The molecule has 0 spiro atoms. The number of halogens is 3. The number of sulfonamides is 1. The molecule has 31 heavy (non-hydrogen) atoms. The molecule has 1 N–H and O–H groups in total. The van der Waals surface area contributed by atoms with Crippen molar-refractivity contribution in [3.05, 3.63) is 78.1 Å². The first-order chi connectivity index (χ1) is 14.7. The molecule has 11 heteroatoms. The van der Waals surface area contributed by atoms with Gasteiger partial charge in [-0.25, -0.2) is 17.9 Å². The van der Waals surface area contributed by atoms with Crippen LogP contribution >= 0.6 is 0 Å². The molecule has 160 valence electrons. The second-order valence-electron chi connectivity index (χ2n) is 6.56. The molecule has 0 amide bonds. The van der Waals surface area contributed by atoms with E-state index in [0.717, 1.165) is 12.1 Å². The van der Waals surface area contributed by atoms with Crippen molar-refractivity contribution in [1.29, 1.82) is 0 Å².